The number of methoxy groups -OCH3 is 2. The Labute approximate surface area is 144 Å². The van der Waals surface area contributed by atoms with Crippen LogP contribution in [0.3, 0.4) is 0 Å². The van der Waals surface area contributed by atoms with Gasteiger partial charge in [0.05, 0.1) is 19.9 Å². The second-order valence-corrected chi connectivity index (χ2v) is 5.52. The van der Waals surface area contributed by atoms with Gasteiger partial charge in [0.2, 0.25) is 0 Å². The molecule has 0 aliphatic heterocycles. The Bertz CT molecular complexity index is 753. The Morgan fingerprint density at radius 2 is 1.88 bits per heavy atom. The molecule has 0 aliphatic rings. The van der Waals surface area contributed by atoms with Crippen LogP contribution in [0.1, 0.15) is 18.5 Å². The Balaban J connectivity index is 1.95. The number of hydrogen-bond acceptors (Lipinski definition) is 3. The van der Waals surface area contributed by atoms with Gasteiger partial charge in [0.1, 0.15) is 17.5 Å². The van der Waals surface area contributed by atoms with Crippen LogP contribution < -0.4 is 20.1 Å². The van der Waals surface area contributed by atoms with E-state index >= 15 is 0 Å². The number of nitrogens with one attached hydrogen (secondary N) is 1. The van der Waals surface area contributed by atoms with E-state index in [1.165, 1.54) is 13.2 Å². The maximum Gasteiger partial charge on any atom is 0.279 e. The molecule has 134 valence electrons. The lowest BCUT2D eigenvalue weighted by molar-refractivity contribution is -0.682. The first-order valence-electron chi connectivity index (χ1n) is 7.74. The predicted octanol–water partition coefficient (Wildman–Crippen LogP) is 2.25. The third-order valence-corrected chi connectivity index (χ3v) is 3.81. The number of anilines is 1. The van der Waals surface area contributed by atoms with Crippen molar-refractivity contribution in [1.29, 1.82) is 0 Å². The minimum absolute atomic E-state index is 0.120. The molecular formula is C18H21F2N2O3+. The van der Waals surface area contributed by atoms with Crippen molar-refractivity contribution in [3.8, 4) is 11.5 Å². The number of carbonyl (C=O) groups excluding carboxylic acids is 1. The number of benzene rings is 2. The lowest BCUT2D eigenvalue weighted by Gasteiger charge is -2.13. The van der Waals surface area contributed by atoms with Gasteiger partial charge in [0.15, 0.2) is 18.2 Å². The maximum absolute atomic E-state index is 13.3. The monoisotopic (exact) mass is 351 g/mol. The zero-order chi connectivity index (χ0) is 18.4. The van der Waals surface area contributed by atoms with Gasteiger partial charge in [-0.2, -0.15) is 0 Å². The maximum atomic E-state index is 13.3. The SMILES string of the molecule is COc1ccc(NC(=O)C[NH2+][C@@H](C)c2ccc(F)c(F)c2)c(OC)c1. The van der Waals surface area contributed by atoms with Crippen molar-refractivity contribution in [2.75, 3.05) is 26.1 Å². The largest absolute Gasteiger partial charge is 0.497 e. The van der Waals surface area contributed by atoms with Crippen molar-refractivity contribution >= 4 is 11.6 Å². The normalized spacial score (nSPS) is 11.7. The summed E-state index contributed by atoms with van der Waals surface area (Å²) in [4.78, 5) is 12.1. The Hall–Kier alpha value is -2.67. The molecule has 0 aromatic heterocycles. The van der Waals surface area contributed by atoms with Crippen LogP contribution in [0.5, 0.6) is 11.5 Å². The predicted molar refractivity (Wildman–Crippen MR) is 89.7 cm³/mol. The summed E-state index contributed by atoms with van der Waals surface area (Å²) in [5, 5.41) is 4.49. The molecule has 5 nitrogen and oxygen atoms in total. The molecule has 0 bridgehead atoms. The first-order valence-corrected chi connectivity index (χ1v) is 7.74. The molecule has 3 N–H and O–H groups in total. The van der Waals surface area contributed by atoms with Crippen LogP contribution in [0.25, 0.3) is 0 Å². The van der Waals surface area contributed by atoms with E-state index in [9.17, 15) is 13.6 Å². The second-order valence-electron chi connectivity index (χ2n) is 5.52. The number of halogens is 2. The molecule has 2 aromatic rings. The topological polar surface area (TPSA) is 64.2 Å². The van der Waals surface area contributed by atoms with Crippen LogP contribution in [0, 0.1) is 11.6 Å². The van der Waals surface area contributed by atoms with Gasteiger partial charge >= 0.3 is 0 Å². The molecule has 25 heavy (non-hydrogen) atoms. The molecule has 1 atom stereocenters. The summed E-state index contributed by atoms with van der Waals surface area (Å²) in [5.41, 5.74) is 1.14. The van der Waals surface area contributed by atoms with Gasteiger partial charge in [-0.1, -0.05) is 0 Å². The van der Waals surface area contributed by atoms with Crippen LogP contribution in [0.2, 0.25) is 0 Å². The molecule has 0 saturated carbocycles. The Morgan fingerprint density at radius 1 is 1.12 bits per heavy atom. The fourth-order valence-corrected chi connectivity index (χ4v) is 2.32. The highest BCUT2D eigenvalue weighted by atomic mass is 19.2. The van der Waals surface area contributed by atoms with E-state index in [1.54, 1.807) is 30.6 Å². The van der Waals surface area contributed by atoms with Gasteiger partial charge in [-0.05, 0) is 37.3 Å². The van der Waals surface area contributed by atoms with E-state index in [0.29, 0.717) is 22.7 Å². The van der Waals surface area contributed by atoms with Crippen molar-refractivity contribution in [1.82, 2.24) is 0 Å². The van der Waals surface area contributed by atoms with E-state index in [0.717, 1.165) is 12.1 Å². The molecular weight excluding hydrogens is 330 g/mol. The number of carbonyl (C=O) groups is 1. The fraction of sp³-hybridized carbons (Fsp3) is 0.278. The van der Waals surface area contributed by atoms with Crippen LogP contribution in [-0.2, 0) is 4.79 Å². The summed E-state index contributed by atoms with van der Waals surface area (Å²) in [6.07, 6.45) is 0. The van der Waals surface area contributed by atoms with Gasteiger partial charge in [0.25, 0.3) is 5.91 Å². The van der Waals surface area contributed by atoms with E-state index in [-0.39, 0.29) is 18.5 Å². The van der Waals surface area contributed by atoms with Crippen molar-refractivity contribution in [3.63, 3.8) is 0 Å². The molecule has 0 aliphatic carbocycles. The van der Waals surface area contributed by atoms with Gasteiger partial charge in [-0.15, -0.1) is 0 Å². The smallest absolute Gasteiger partial charge is 0.279 e. The molecule has 0 fully saturated rings. The first-order chi connectivity index (χ1) is 11.9. The van der Waals surface area contributed by atoms with Crippen molar-refractivity contribution in [3.05, 3.63) is 53.6 Å². The molecule has 7 heteroatoms. The molecule has 0 radical (unpaired) electrons. The highest BCUT2D eigenvalue weighted by molar-refractivity contribution is 5.93. The highest BCUT2D eigenvalue weighted by Crippen LogP contribution is 2.28. The quantitative estimate of drug-likeness (QED) is 0.804. The molecule has 2 rings (SSSR count). The first kappa shape index (κ1) is 18.7. The third-order valence-electron chi connectivity index (χ3n) is 3.81. The molecule has 1 amide bonds. The molecule has 0 heterocycles. The van der Waals surface area contributed by atoms with Gasteiger partial charge in [-0.25, -0.2) is 8.78 Å². The minimum Gasteiger partial charge on any atom is -0.497 e. The molecule has 0 spiro atoms. The van der Waals surface area contributed by atoms with Gasteiger partial charge < -0.3 is 20.1 Å². The van der Waals surface area contributed by atoms with Crippen LogP contribution in [-0.4, -0.2) is 26.7 Å². The summed E-state index contributed by atoms with van der Waals surface area (Å²) in [6, 6.07) is 8.60. The standard InChI is InChI=1S/C18H20F2N2O3/c1-11(12-4-6-14(19)15(20)8-12)21-10-18(23)22-16-7-5-13(24-2)9-17(16)25-3/h4-9,11,21H,10H2,1-3H3,(H,22,23)/p+1/t11-/m0/s1. The summed E-state index contributed by atoms with van der Waals surface area (Å²) in [6.45, 7) is 1.93. The van der Waals surface area contributed by atoms with Gasteiger partial charge in [0, 0.05) is 11.6 Å². The van der Waals surface area contributed by atoms with Crippen LogP contribution in [0.4, 0.5) is 14.5 Å². The summed E-state index contributed by atoms with van der Waals surface area (Å²) in [7, 11) is 3.05. The summed E-state index contributed by atoms with van der Waals surface area (Å²) < 4.78 is 36.6. The lowest BCUT2D eigenvalue weighted by Crippen LogP contribution is -2.86. The average Bonchev–Trinajstić information content (AvgIpc) is 2.62. The lowest BCUT2D eigenvalue weighted by atomic mass is 10.1. The van der Waals surface area contributed by atoms with Crippen LogP contribution in [0.15, 0.2) is 36.4 Å². The molecule has 2 aromatic carbocycles. The van der Waals surface area contributed by atoms with E-state index in [2.05, 4.69) is 5.32 Å². The third kappa shape index (κ3) is 4.90. The second kappa shape index (κ2) is 8.43. The molecule has 0 unspecified atom stereocenters. The fourth-order valence-electron chi connectivity index (χ4n) is 2.32. The van der Waals surface area contributed by atoms with Crippen molar-refractivity contribution < 1.29 is 28.4 Å². The zero-order valence-electron chi connectivity index (χ0n) is 14.3. The van der Waals surface area contributed by atoms with E-state index in [4.69, 9.17) is 9.47 Å². The number of quaternary nitrogens is 1. The Morgan fingerprint density at radius 3 is 2.52 bits per heavy atom. The Kier molecular flexibility index (Phi) is 6.30. The van der Waals surface area contributed by atoms with Crippen LogP contribution >= 0.6 is 0 Å². The van der Waals surface area contributed by atoms with E-state index < -0.39 is 11.6 Å². The van der Waals surface area contributed by atoms with E-state index in [1.807, 2.05) is 6.92 Å². The number of rotatable bonds is 7. The molecule has 0 saturated heterocycles. The van der Waals surface area contributed by atoms with Crippen molar-refractivity contribution in [2.24, 2.45) is 0 Å². The minimum atomic E-state index is -0.898. The number of ether oxygens (including phenoxy) is 2. The number of nitrogens with two attached hydrogens (primary N) is 1. The summed E-state index contributed by atoms with van der Waals surface area (Å²) >= 11 is 0. The van der Waals surface area contributed by atoms with Crippen molar-refractivity contribution in [2.45, 2.75) is 13.0 Å². The highest BCUT2D eigenvalue weighted by Gasteiger charge is 2.15. The average molecular weight is 351 g/mol. The van der Waals surface area contributed by atoms with Gasteiger partial charge in [-0.3, -0.25) is 4.79 Å². The zero-order valence-corrected chi connectivity index (χ0v) is 14.3. The summed E-state index contributed by atoms with van der Waals surface area (Å²) in [5.74, 6) is -0.918. The number of hydrogen-bond donors (Lipinski definition) is 2. The number of amides is 1.